The molecule has 0 spiro atoms. The predicted octanol–water partition coefficient (Wildman–Crippen LogP) is 2.99. The molecule has 1 atom stereocenters. The van der Waals surface area contributed by atoms with Crippen LogP contribution in [0.25, 0.3) is 0 Å². The zero-order valence-corrected chi connectivity index (χ0v) is 18.1. The molecule has 1 unspecified atom stereocenters. The second kappa shape index (κ2) is 10.4. The fraction of sp³-hybridized carbons (Fsp3) is 0.364. The molecule has 2 rings (SSSR count). The number of aliphatic hydroxyl groups is 1. The lowest BCUT2D eigenvalue weighted by Crippen LogP contribution is -2.42. The van der Waals surface area contributed by atoms with Crippen LogP contribution in [0, 0.1) is 0 Å². The zero-order chi connectivity index (χ0) is 22.3. The van der Waals surface area contributed by atoms with Crippen LogP contribution in [-0.2, 0) is 24.6 Å². The van der Waals surface area contributed by atoms with Gasteiger partial charge in [-0.15, -0.1) is 0 Å². The van der Waals surface area contributed by atoms with Crippen LogP contribution in [0.2, 0.25) is 5.02 Å². The van der Waals surface area contributed by atoms with Gasteiger partial charge in [-0.05, 0) is 37.6 Å². The SMILES string of the molecule is COC(=O)C(Oc1ccccc1C(C)(C)NC(CO)c1cccc(Cl)c1)C(=O)OC. The van der Waals surface area contributed by atoms with Gasteiger partial charge in [0.05, 0.1) is 26.9 Å². The number of halogens is 1. The van der Waals surface area contributed by atoms with E-state index in [0.717, 1.165) is 19.8 Å². The number of methoxy groups -OCH3 is 2. The molecule has 0 saturated heterocycles. The Bertz CT molecular complexity index is 869. The molecule has 0 bridgehead atoms. The van der Waals surface area contributed by atoms with Crippen molar-refractivity contribution >= 4 is 23.5 Å². The molecular weight excluding hydrogens is 410 g/mol. The summed E-state index contributed by atoms with van der Waals surface area (Å²) in [5, 5.41) is 13.9. The van der Waals surface area contributed by atoms with Crippen molar-refractivity contribution in [2.24, 2.45) is 0 Å². The minimum Gasteiger partial charge on any atom is -0.466 e. The first-order chi connectivity index (χ1) is 14.2. The molecule has 0 radical (unpaired) electrons. The summed E-state index contributed by atoms with van der Waals surface area (Å²) in [4.78, 5) is 24.0. The van der Waals surface area contributed by atoms with Crippen molar-refractivity contribution in [1.82, 2.24) is 5.32 Å². The lowest BCUT2D eigenvalue weighted by Gasteiger charge is -2.33. The van der Waals surface area contributed by atoms with Gasteiger partial charge in [0.25, 0.3) is 6.10 Å². The van der Waals surface area contributed by atoms with Gasteiger partial charge in [-0.3, -0.25) is 5.32 Å². The van der Waals surface area contributed by atoms with E-state index in [-0.39, 0.29) is 6.61 Å². The molecule has 30 heavy (non-hydrogen) atoms. The first-order valence-electron chi connectivity index (χ1n) is 9.29. The van der Waals surface area contributed by atoms with E-state index in [1.165, 1.54) is 0 Å². The van der Waals surface area contributed by atoms with Gasteiger partial charge < -0.3 is 19.3 Å². The van der Waals surface area contributed by atoms with E-state index in [9.17, 15) is 14.7 Å². The molecule has 8 heteroatoms. The zero-order valence-electron chi connectivity index (χ0n) is 17.3. The third-order valence-corrected chi connectivity index (χ3v) is 4.84. The summed E-state index contributed by atoms with van der Waals surface area (Å²) >= 11 is 6.09. The molecule has 7 nitrogen and oxygen atoms in total. The van der Waals surface area contributed by atoms with Crippen molar-refractivity contribution in [3.63, 3.8) is 0 Å². The number of rotatable bonds is 9. The highest BCUT2D eigenvalue weighted by Gasteiger charge is 2.34. The lowest BCUT2D eigenvalue weighted by molar-refractivity contribution is -0.163. The monoisotopic (exact) mass is 435 g/mol. The minimum atomic E-state index is -1.56. The highest BCUT2D eigenvalue weighted by atomic mass is 35.5. The van der Waals surface area contributed by atoms with Crippen molar-refractivity contribution in [2.75, 3.05) is 20.8 Å². The minimum absolute atomic E-state index is 0.167. The van der Waals surface area contributed by atoms with Crippen LogP contribution in [0.1, 0.15) is 31.0 Å². The number of ether oxygens (including phenoxy) is 3. The fourth-order valence-electron chi connectivity index (χ4n) is 3.09. The number of para-hydroxylation sites is 1. The molecule has 0 aliphatic heterocycles. The number of carbonyl (C=O) groups excluding carboxylic acids is 2. The van der Waals surface area contributed by atoms with E-state index in [4.69, 9.17) is 16.3 Å². The van der Waals surface area contributed by atoms with Gasteiger partial charge in [0, 0.05) is 16.1 Å². The Labute approximate surface area is 180 Å². The Morgan fingerprint density at radius 3 is 2.27 bits per heavy atom. The summed E-state index contributed by atoms with van der Waals surface area (Å²) in [7, 11) is 2.33. The van der Waals surface area contributed by atoms with Gasteiger partial charge in [-0.1, -0.05) is 41.9 Å². The Kier molecular flexibility index (Phi) is 8.23. The van der Waals surface area contributed by atoms with Crippen LogP contribution < -0.4 is 10.1 Å². The van der Waals surface area contributed by atoms with Gasteiger partial charge in [0.1, 0.15) is 5.75 Å². The first-order valence-corrected chi connectivity index (χ1v) is 9.67. The Balaban J connectivity index is 2.35. The summed E-state index contributed by atoms with van der Waals surface area (Å²) in [5.74, 6) is -1.43. The average Bonchev–Trinajstić information content (AvgIpc) is 2.75. The second-order valence-corrected chi connectivity index (χ2v) is 7.54. The maximum atomic E-state index is 12.0. The summed E-state index contributed by atoms with van der Waals surface area (Å²) in [6.45, 7) is 3.63. The van der Waals surface area contributed by atoms with Crippen molar-refractivity contribution in [2.45, 2.75) is 31.5 Å². The molecule has 0 aliphatic rings. The van der Waals surface area contributed by atoms with Crippen molar-refractivity contribution in [1.29, 1.82) is 0 Å². The van der Waals surface area contributed by atoms with Crippen LogP contribution in [0.4, 0.5) is 0 Å². The smallest absolute Gasteiger partial charge is 0.359 e. The third kappa shape index (κ3) is 5.72. The molecule has 162 valence electrons. The summed E-state index contributed by atoms with van der Waals surface area (Å²) < 4.78 is 15.0. The number of hydrogen-bond acceptors (Lipinski definition) is 7. The molecule has 0 aromatic heterocycles. The van der Waals surface area contributed by atoms with E-state index in [0.29, 0.717) is 16.3 Å². The van der Waals surface area contributed by atoms with Gasteiger partial charge >= 0.3 is 11.9 Å². The largest absolute Gasteiger partial charge is 0.466 e. The van der Waals surface area contributed by atoms with Gasteiger partial charge in [-0.2, -0.15) is 0 Å². The number of aliphatic hydroxyl groups excluding tert-OH is 1. The summed E-state index contributed by atoms with van der Waals surface area (Å²) in [6, 6.07) is 13.8. The normalized spacial score (nSPS) is 12.4. The highest BCUT2D eigenvalue weighted by Crippen LogP contribution is 2.33. The third-order valence-electron chi connectivity index (χ3n) is 4.60. The molecule has 0 saturated carbocycles. The van der Waals surface area contributed by atoms with Crippen molar-refractivity contribution in [3.8, 4) is 5.75 Å². The maximum absolute atomic E-state index is 12.0. The van der Waals surface area contributed by atoms with Crippen LogP contribution in [-0.4, -0.2) is 44.0 Å². The van der Waals surface area contributed by atoms with Crippen LogP contribution in [0.3, 0.4) is 0 Å². The number of benzene rings is 2. The standard InChI is InChI=1S/C22H26ClNO6/c1-22(2,24-17(13-25)14-8-7-9-15(23)12-14)16-10-5-6-11-18(16)30-19(20(26)28-3)21(27)29-4/h5-12,17,19,24-25H,13H2,1-4H3. The van der Waals surface area contributed by atoms with Crippen LogP contribution >= 0.6 is 11.6 Å². The van der Waals surface area contributed by atoms with Gasteiger partial charge in [-0.25, -0.2) is 9.59 Å². The van der Waals surface area contributed by atoms with E-state index in [2.05, 4.69) is 14.8 Å². The number of hydrogen-bond donors (Lipinski definition) is 2. The number of nitrogens with one attached hydrogen (secondary N) is 1. The van der Waals surface area contributed by atoms with Crippen LogP contribution in [0.5, 0.6) is 5.75 Å². The van der Waals surface area contributed by atoms with Crippen molar-refractivity contribution < 1.29 is 28.9 Å². The number of carbonyl (C=O) groups is 2. The van der Waals surface area contributed by atoms with E-state index in [1.807, 2.05) is 32.0 Å². The predicted molar refractivity (Wildman–Crippen MR) is 112 cm³/mol. The first kappa shape index (κ1) is 23.7. The quantitative estimate of drug-likeness (QED) is 0.462. The molecule has 0 aliphatic carbocycles. The summed E-state index contributed by atoms with van der Waals surface area (Å²) in [5.41, 5.74) is 0.769. The highest BCUT2D eigenvalue weighted by molar-refractivity contribution is 6.30. The molecule has 2 aromatic carbocycles. The average molecular weight is 436 g/mol. The van der Waals surface area contributed by atoms with E-state index in [1.54, 1.807) is 30.3 Å². The topological polar surface area (TPSA) is 94.1 Å². The summed E-state index contributed by atoms with van der Waals surface area (Å²) in [6.07, 6.45) is -1.56. The molecule has 0 amide bonds. The van der Waals surface area contributed by atoms with E-state index < -0.39 is 29.6 Å². The van der Waals surface area contributed by atoms with Crippen LogP contribution in [0.15, 0.2) is 48.5 Å². The maximum Gasteiger partial charge on any atom is 0.359 e. The second-order valence-electron chi connectivity index (χ2n) is 7.10. The number of esters is 2. The molecular formula is C22H26ClNO6. The van der Waals surface area contributed by atoms with Gasteiger partial charge in [0.2, 0.25) is 0 Å². The van der Waals surface area contributed by atoms with Crippen molar-refractivity contribution in [3.05, 3.63) is 64.7 Å². The van der Waals surface area contributed by atoms with E-state index >= 15 is 0 Å². The molecule has 2 aromatic rings. The fourth-order valence-corrected chi connectivity index (χ4v) is 3.29. The lowest BCUT2D eigenvalue weighted by atomic mass is 9.91. The molecule has 0 heterocycles. The Morgan fingerprint density at radius 2 is 1.70 bits per heavy atom. The molecule has 2 N–H and O–H groups in total. The Morgan fingerprint density at radius 1 is 1.07 bits per heavy atom. The molecule has 0 fully saturated rings. The van der Waals surface area contributed by atoms with Gasteiger partial charge in [0.15, 0.2) is 0 Å². The Hall–Kier alpha value is -2.61.